The van der Waals surface area contributed by atoms with Gasteiger partial charge in [-0.1, -0.05) is 41.0 Å². The lowest BCUT2D eigenvalue weighted by Gasteiger charge is -2.20. The van der Waals surface area contributed by atoms with E-state index < -0.39 is 5.60 Å². The zero-order valence-corrected chi connectivity index (χ0v) is 14.8. The molecule has 0 saturated heterocycles. The molecule has 1 unspecified atom stereocenters. The molecule has 2 aromatic heterocycles. The van der Waals surface area contributed by atoms with Gasteiger partial charge in [-0.05, 0) is 25.1 Å². The summed E-state index contributed by atoms with van der Waals surface area (Å²) in [6.45, 7) is 1.95. The number of oxime groups is 1. The second kappa shape index (κ2) is 6.42. The van der Waals surface area contributed by atoms with Crippen LogP contribution < -0.4 is 5.32 Å². The molecule has 1 atom stereocenters. The molecule has 0 aliphatic carbocycles. The van der Waals surface area contributed by atoms with Gasteiger partial charge in [0.2, 0.25) is 5.60 Å². The largest absolute Gasteiger partial charge is 0.379 e. The number of carbonyl (C=O) groups excluding carboxylic acids is 1. The van der Waals surface area contributed by atoms with Gasteiger partial charge in [-0.3, -0.25) is 9.20 Å². The summed E-state index contributed by atoms with van der Waals surface area (Å²) in [6.07, 6.45) is 2.19. The smallest absolute Gasteiger partial charge is 0.267 e. The molecule has 132 valence electrons. The highest BCUT2D eigenvalue weighted by Crippen LogP contribution is 2.29. The lowest BCUT2D eigenvalue weighted by molar-refractivity contribution is -0.141. The first kappa shape index (κ1) is 16.5. The van der Waals surface area contributed by atoms with Gasteiger partial charge in [0.15, 0.2) is 11.5 Å². The van der Waals surface area contributed by atoms with Crippen molar-refractivity contribution >= 4 is 28.9 Å². The first-order chi connectivity index (χ1) is 12.6. The minimum Gasteiger partial charge on any atom is -0.379 e. The molecule has 1 aromatic carbocycles. The van der Waals surface area contributed by atoms with Crippen molar-refractivity contribution in [2.45, 2.75) is 25.5 Å². The van der Waals surface area contributed by atoms with Crippen LogP contribution in [0.1, 0.15) is 24.7 Å². The predicted molar refractivity (Wildman–Crippen MR) is 96.9 cm³/mol. The average molecular weight is 370 g/mol. The third-order valence-electron chi connectivity index (χ3n) is 4.32. The van der Waals surface area contributed by atoms with Crippen molar-refractivity contribution in [1.29, 1.82) is 0 Å². The maximum Gasteiger partial charge on any atom is 0.267 e. The normalized spacial score (nSPS) is 19.2. The van der Waals surface area contributed by atoms with Gasteiger partial charge in [0.1, 0.15) is 0 Å². The Hall–Kier alpha value is -2.93. The van der Waals surface area contributed by atoms with Gasteiger partial charge in [-0.25, -0.2) is 0 Å². The molecule has 26 heavy (non-hydrogen) atoms. The number of carbonyl (C=O) groups is 1. The number of hydrogen-bond acceptors (Lipinski definition) is 5. The van der Waals surface area contributed by atoms with E-state index in [1.165, 1.54) is 0 Å². The van der Waals surface area contributed by atoms with Gasteiger partial charge >= 0.3 is 0 Å². The van der Waals surface area contributed by atoms with E-state index in [1.807, 2.05) is 47.0 Å². The van der Waals surface area contributed by atoms with Gasteiger partial charge in [0.05, 0.1) is 12.3 Å². The summed E-state index contributed by atoms with van der Waals surface area (Å²) in [5, 5.41) is 15.7. The molecule has 3 aromatic rings. The third kappa shape index (κ3) is 2.90. The molecular formula is C18H16ClN5O2. The van der Waals surface area contributed by atoms with Crippen molar-refractivity contribution in [2.75, 3.05) is 0 Å². The summed E-state index contributed by atoms with van der Waals surface area (Å²) in [5.74, 6) is 0.374. The second-order valence-corrected chi connectivity index (χ2v) is 6.65. The summed E-state index contributed by atoms with van der Waals surface area (Å²) in [4.78, 5) is 18.1. The number of halogens is 1. The molecule has 7 nitrogen and oxygen atoms in total. The van der Waals surface area contributed by atoms with Crippen molar-refractivity contribution < 1.29 is 9.63 Å². The monoisotopic (exact) mass is 369 g/mol. The molecule has 0 fully saturated rings. The molecule has 0 radical (unpaired) electrons. The van der Waals surface area contributed by atoms with Crippen LogP contribution in [-0.2, 0) is 16.2 Å². The molecule has 1 amide bonds. The topological polar surface area (TPSA) is 80.9 Å². The highest BCUT2D eigenvalue weighted by Gasteiger charge is 2.42. The number of rotatable bonds is 4. The van der Waals surface area contributed by atoms with Gasteiger partial charge in [0.25, 0.3) is 5.91 Å². The molecule has 1 N–H and O–H groups in total. The molecule has 3 heterocycles. The number of benzene rings is 1. The van der Waals surface area contributed by atoms with E-state index in [0.29, 0.717) is 23.0 Å². The van der Waals surface area contributed by atoms with Crippen LogP contribution in [0.5, 0.6) is 0 Å². The van der Waals surface area contributed by atoms with Crippen LogP contribution in [0.15, 0.2) is 53.8 Å². The average Bonchev–Trinajstić information content (AvgIpc) is 3.25. The summed E-state index contributed by atoms with van der Waals surface area (Å²) in [7, 11) is 0. The Labute approximate surface area is 154 Å². The number of fused-ring (bicyclic) bond motifs is 1. The van der Waals surface area contributed by atoms with E-state index in [0.717, 1.165) is 11.2 Å². The van der Waals surface area contributed by atoms with Crippen molar-refractivity contribution in [3.63, 3.8) is 0 Å². The zero-order valence-electron chi connectivity index (χ0n) is 14.0. The number of amides is 1. The van der Waals surface area contributed by atoms with Crippen LogP contribution in [0.25, 0.3) is 5.65 Å². The highest BCUT2D eigenvalue weighted by atomic mass is 35.5. The Morgan fingerprint density at radius 1 is 1.27 bits per heavy atom. The van der Waals surface area contributed by atoms with E-state index in [4.69, 9.17) is 16.4 Å². The maximum atomic E-state index is 12.7. The van der Waals surface area contributed by atoms with Crippen molar-refractivity contribution in [2.24, 2.45) is 5.16 Å². The van der Waals surface area contributed by atoms with E-state index >= 15 is 0 Å². The molecule has 0 saturated carbocycles. The fourth-order valence-electron chi connectivity index (χ4n) is 2.86. The van der Waals surface area contributed by atoms with Gasteiger partial charge in [-0.2, -0.15) is 0 Å². The number of nitrogens with zero attached hydrogens (tertiary/aromatic N) is 4. The fraction of sp³-hybridized carbons (Fsp3) is 0.222. The maximum absolute atomic E-state index is 12.7. The van der Waals surface area contributed by atoms with Crippen molar-refractivity contribution in [1.82, 2.24) is 19.9 Å². The number of nitrogens with one attached hydrogen (secondary N) is 1. The molecule has 1 aliphatic rings. The number of pyridine rings is 1. The summed E-state index contributed by atoms with van der Waals surface area (Å²) in [6, 6.07) is 13.0. The minimum absolute atomic E-state index is 0.240. The fourth-order valence-corrected chi connectivity index (χ4v) is 3.10. The molecular weight excluding hydrogens is 354 g/mol. The predicted octanol–water partition coefficient (Wildman–Crippen LogP) is 2.58. The number of hydrogen-bond donors (Lipinski definition) is 1. The lowest BCUT2D eigenvalue weighted by Crippen LogP contribution is -2.44. The first-order valence-electron chi connectivity index (χ1n) is 8.14. The minimum atomic E-state index is -1.09. The van der Waals surface area contributed by atoms with Crippen LogP contribution in [0, 0.1) is 0 Å². The quantitative estimate of drug-likeness (QED) is 0.766. The lowest BCUT2D eigenvalue weighted by atomic mass is 9.95. The Balaban J connectivity index is 1.45. The Morgan fingerprint density at radius 3 is 2.92 bits per heavy atom. The van der Waals surface area contributed by atoms with Crippen LogP contribution in [0.3, 0.4) is 0 Å². The van der Waals surface area contributed by atoms with E-state index in [2.05, 4.69) is 20.7 Å². The van der Waals surface area contributed by atoms with Crippen molar-refractivity contribution in [3.8, 4) is 0 Å². The SMILES string of the molecule is CC1(C(=O)NCc2nnc3ccccn23)CC(c2ccccc2Cl)=NO1. The van der Waals surface area contributed by atoms with Crippen LogP contribution >= 0.6 is 11.6 Å². The van der Waals surface area contributed by atoms with E-state index in [1.54, 1.807) is 13.0 Å². The van der Waals surface area contributed by atoms with Crippen LogP contribution in [-0.4, -0.2) is 31.8 Å². The second-order valence-electron chi connectivity index (χ2n) is 6.24. The third-order valence-corrected chi connectivity index (χ3v) is 4.65. The summed E-state index contributed by atoms with van der Waals surface area (Å²) >= 11 is 6.21. The highest BCUT2D eigenvalue weighted by molar-refractivity contribution is 6.34. The van der Waals surface area contributed by atoms with E-state index in [-0.39, 0.29) is 12.5 Å². The van der Waals surface area contributed by atoms with Crippen LogP contribution in [0.4, 0.5) is 0 Å². The summed E-state index contributed by atoms with van der Waals surface area (Å²) in [5.41, 5.74) is 1.06. The van der Waals surface area contributed by atoms with Gasteiger partial charge in [0, 0.05) is 23.2 Å². The standard InChI is InChI=1S/C18H16ClN5O2/c1-18(10-14(23-26-18)12-6-2-3-7-13(12)19)17(25)20-11-16-22-21-15-8-4-5-9-24(15)16/h2-9H,10-11H2,1H3,(H,20,25). The molecule has 8 heteroatoms. The van der Waals surface area contributed by atoms with E-state index in [9.17, 15) is 4.79 Å². The van der Waals surface area contributed by atoms with Gasteiger partial charge < -0.3 is 10.2 Å². The molecule has 1 aliphatic heterocycles. The van der Waals surface area contributed by atoms with Crippen LogP contribution in [0.2, 0.25) is 5.02 Å². The molecule has 4 rings (SSSR count). The van der Waals surface area contributed by atoms with Crippen molar-refractivity contribution in [3.05, 3.63) is 65.1 Å². The number of aromatic nitrogens is 3. The summed E-state index contributed by atoms with van der Waals surface area (Å²) < 4.78 is 1.82. The first-order valence-corrected chi connectivity index (χ1v) is 8.51. The molecule has 0 spiro atoms. The Kier molecular flexibility index (Phi) is 4.08. The zero-order chi connectivity index (χ0) is 18.1. The molecule has 0 bridgehead atoms. The Bertz CT molecular complexity index is 1020. The van der Waals surface area contributed by atoms with Gasteiger partial charge in [-0.15, -0.1) is 10.2 Å². The Morgan fingerprint density at radius 2 is 2.08 bits per heavy atom.